The Hall–Kier alpha value is -2.80. The summed E-state index contributed by atoms with van der Waals surface area (Å²) in [6.07, 6.45) is 7.93. The summed E-state index contributed by atoms with van der Waals surface area (Å²) in [5.41, 5.74) is 0.791. The van der Waals surface area contributed by atoms with Gasteiger partial charge < -0.3 is 19.7 Å². The number of amides is 2. The number of nitrogens with zero attached hydrogens (tertiary/aromatic N) is 3. The van der Waals surface area contributed by atoms with Gasteiger partial charge in [0.15, 0.2) is 0 Å². The number of ether oxygens (including phenoxy) is 2. The van der Waals surface area contributed by atoms with Gasteiger partial charge in [-0.1, -0.05) is 0 Å². The van der Waals surface area contributed by atoms with Gasteiger partial charge >= 0.3 is 6.03 Å². The molecule has 2 fully saturated rings. The molecule has 7 nitrogen and oxygen atoms in total. The number of anilines is 1. The van der Waals surface area contributed by atoms with Gasteiger partial charge in [-0.25, -0.2) is 4.79 Å². The number of hydrogen-bond acceptors (Lipinski definition) is 5. The molecule has 4 rings (SSSR count). The lowest BCUT2D eigenvalue weighted by Gasteiger charge is -2.41. The summed E-state index contributed by atoms with van der Waals surface area (Å²) in [6, 6.07) is 11.8. The minimum Gasteiger partial charge on any atom is -0.497 e. The lowest BCUT2D eigenvalue weighted by Crippen LogP contribution is -2.50. The first-order chi connectivity index (χ1) is 14.7. The fourth-order valence-electron chi connectivity index (χ4n) is 4.28. The predicted octanol–water partition coefficient (Wildman–Crippen LogP) is 3.63. The zero-order valence-electron chi connectivity index (χ0n) is 17.5. The molecule has 2 aliphatic heterocycles. The van der Waals surface area contributed by atoms with E-state index in [1.165, 1.54) is 0 Å². The highest BCUT2D eigenvalue weighted by Crippen LogP contribution is 2.24. The molecule has 0 radical (unpaired) electrons. The topological polar surface area (TPSA) is 66.9 Å². The number of benzene rings is 1. The van der Waals surface area contributed by atoms with E-state index in [-0.39, 0.29) is 12.1 Å². The minimum atomic E-state index is -0.0249. The van der Waals surface area contributed by atoms with Crippen molar-refractivity contribution in [3.63, 3.8) is 0 Å². The third-order valence-corrected chi connectivity index (χ3v) is 6.04. The predicted molar refractivity (Wildman–Crippen MR) is 116 cm³/mol. The third kappa shape index (κ3) is 5.21. The quantitative estimate of drug-likeness (QED) is 0.815. The molecule has 0 saturated carbocycles. The van der Waals surface area contributed by atoms with E-state index >= 15 is 0 Å². The maximum absolute atomic E-state index is 12.6. The maximum atomic E-state index is 12.6. The molecular formula is C23H30N4O3. The lowest BCUT2D eigenvalue weighted by atomic mass is 9.99. The van der Waals surface area contributed by atoms with Crippen LogP contribution in [-0.2, 0) is 0 Å². The second-order valence-corrected chi connectivity index (χ2v) is 7.91. The number of piperidine rings is 2. The number of likely N-dealkylation sites (tertiary alicyclic amines) is 2. The van der Waals surface area contributed by atoms with Gasteiger partial charge in [0.1, 0.15) is 17.6 Å². The standard InChI is InChI=1S/C23H30N4O3/c1-29-20-4-2-18(3-5-20)25-23(28)27-14-8-19(9-15-27)26-16-10-22(11-17-26)30-21-6-12-24-13-7-21/h2-7,12-13,19,22H,8-11,14-17H2,1H3,(H,25,28). The molecule has 7 heteroatoms. The van der Waals surface area contributed by atoms with Crippen LogP contribution in [0.4, 0.5) is 10.5 Å². The molecule has 1 N–H and O–H groups in total. The largest absolute Gasteiger partial charge is 0.497 e. The average Bonchev–Trinajstić information content (AvgIpc) is 2.81. The molecule has 2 aliphatic rings. The second-order valence-electron chi connectivity index (χ2n) is 7.91. The Labute approximate surface area is 178 Å². The molecule has 1 aromatic carbocycles. The first-order valence-corrected chi connectivity index (χ1v) is 10.7. The summed E-state index contributed by atoms with van der Waals surface area (Å²) >= 11 is 0. The summed E-state index contributed by atoms with van der Waals surface area (Å²) in [7, 11) is 1.63. The Morgan fingerprint density at radius 2 is 1.60 bits per heavy atom. The van der Waals surface area contributed by atoms with Crippen LogP contribution in [0.5, 0.6) is 11.5 Å². The molecule has 0 spiro atoms. The number of methoxy groups -OCH3 is 1. The average molecular weight is 411 g/mol. The first-order valence-electron chi connectivity index (χ1n) is 10.7. The Morgan fingerprint density at radius 1 is 0.933 bits per heavy atom. The molecule has 3 heterocycles. The van der Waals surface area contributed by atoms with Crippen molar-refractivity contribution in [3.05, 3.63) is 48.8 Å². The fraction of sp³-hybridized carbons (Fsp3) is 0.478. The third-order valence-electron chi connectivity index (χ3n) is 6.04. The van der Waals surface area contributed by atoms with Gasteiger partial charge in [0.05, 0.1) is 7.11 Å². The SMILES string of the molecule is COc1ccc(NC(=O)N2CCC(N3CCC(Oc4ccncc4)CC3)CC2)cc1. The van der Waals surface area contributed by atoms with Crippen molar-refractivity contribution in [2.45, 2.75) is 37.8 Å². The van der Waals surface area contributed by atoms with Gasteiger partial charge in [0.2, 0.25) is 0 Å². The van der Waals surface area contributed by atoms with E-state index in [1.54, 1.807) is 19.5 Å². The lowest BCUT2D eigenvalue weighted by molar-refractivity contribution is 0.0545. The van der Waals surface area contributed by atoms with Crippen molar-refractivity contribution >= 4 is 11.7 Å². The van der Waals surface area contributed by atoms with Gasteiger partial charge in [-0.05, 0) is 62.1 Å². The molecule has 0 aliphatic carbocycles. The van der Waals surface area contributed by atoms with Crippen LogP contribution in [-0.4, -0.2) is 66.2 Å². The number of pyridine rings is 1. The summed E-state index contributed by atoms with van der Waals surface area (Å²) in [5.74, 6) is 1.68. The molecule has 2 amide bonds. The molecule has 0 atom stereocenters. The Bertz CT molecular complexity index is 799. The maximum Gasteiger partial charge on any atom is 0.321 e. The Balaban J connectivity index is 1.19. The molecule has 160 valence electrons. The van der Waals surface area contributed by atoms with Crippen molar-refractivity contribution in [2.24, 2.45) is 0 Å². The number of hydrogen-bond donors (Lipinski definition) is 1. The van der Waals surface area contributed by atoms with Crippen LogP contribution >= 0.6 is 0 Å². The van der Waals surface area contributed by atoms with Crippen molar-refractivity contribution in [1.29, 1.82) is 0 Å². The summed E-state index contributed by atoms with van der Waals surface area (Å²) in [5, 5.41) is 2.98. The number of carbonyl (C=O) groups excluding carboxylic acids is 1. The Kier molecular flexibility index (Phi) is 6.69. The van der Waals surface area contributed by atoms with Crippen LogP contribution in [0.3, 0.4) is 0 Å². The summed E-state index contributed by atoms with van der Waals surface area (Å²) < 4.78 is 11.2. The Morgan fingerprint density at radius 3 is 2.23 bits per heavy atom. The van der Waals surface area contributed by atoms with Crippen LogP contribution in [0.1, 0.15) is 25.7 Å². The normalized spacial score (nSPS) is 18.8. The molecule has 2 saturated heterocycles. The number of nitrogens with one attached hydrogen (secondary N) is 1. The van der Waals surface area contributed by atoms with E-state index in [4.69, 9.17) is 9.47 Å². The smallest absolute Gasteiger partial charge is 0.321 e. The van der Waals surface area contributed by atoms with E-state index < -0.39 is 0 Å². The fourth-order valence-corrected chi connectivity index (χ4v) is 4.28. The minimum absolute atomic E-state index is 0.0249. The van der Waals surface area contributed by atoms with Crippen LogP contribution in [0.15, 0.2) is 48.8 Å². The van der Waals surface area contributed by atoms with Crippen LogP contribution in [0, 0.1) is 0 Å². The number of urea groups is 1. The second kappa shape index (κ2) is 9.80. The van der Waals surface area contributed by atoms with E-state index in [2.05, 4.69) is 15.2 Å². The van der Waals surface area contributed by atoms with Crippen molar-refractivity contribution < 1.29 is 14.3 Å². The molecule has 30 heavy (non-hydrogen) atoms. The molecule has 0 bridgehead atoms. The van der Waals surface area contributed by atoms with Crippen LogP contribution in [0.25, 0.3) is 0 Å². The number of rotatable bonds is 5. The van der Waals surface area contributed by atoms with Gasteiger partial charge in [0.25, 0.3) is 0 Å². The zero-order valence-corrected chi connectivity index (χ0v) is 17.5. The zero-order chi connectivity index (χ0) is 20.8. The van der Waals surface area contributed by atoms with Gasteiger partial charge in [-0.2, -0.15) is 0 Å². The van der Waals surface area contributed by atoms with Gasteiger partial charge in [-0.3, -0.25) is 9.88 Å². The van der Waals surface area contributed by atoms with E-state index in [1.807, 2.05) is 41.3 Å². The van der Waals surface area contributed by atoms with Gasteiger partial charge in [0, 0.05) is 50.3 Å². The molecule has 1 aromatic heterocycles. The van der Waals surface area contributed by atoms with Crippen LogP contribution in [0.2, 0.25) is 0 Å². The molecular weight excluding hydrogens is 380 g/mol. The van der Waals surface area contributed by atoms with E-state index in [9.17, 15) is 4.79 Å². The van der Waals surface area contributed by atoms with Crippen molar-refractivity contribution in [3.8, 4) is 11.5 Å². The van der Waals surface area contributed by atoms with Crippen molar-refractivity contribution in [1.82, 2.24) is 14.8 Å². The van der Waals surface area contributed by atoms with E-state index in [0.717, 1.165) is 69.0 Å². The summed E-state index contributed by atoms with van der Waals surface area (Å²) in [6.45, 7) is 3.69. The van der Waals surface area contributed by atoms with E-state index in [0.29, 0.717) is 6.04 Å². The van der Waals surface area contributed by atoms with Crippen LogP contribution < -0.4 is 14.8 Å². The highest BCUT2D eigenvalue weighted by atomic mass is 16.5. The number of carbonyl (C=O) groups is 1. The molecule has 0 unspecified atom stereocenters. The monoisotopic (exact) mass is 410 g/mol. The van der Waals surface area contributed by atoms with Gasteiger partial charge in [-0.15, -0.1) is 0 Å². The highest BCUT2D eigenvalue weighted by Gasteiger charge is 2.30. The molecule has 2 aromatic rings. The summed E-state index contributed by atoms with van der Waals surface area (Å²) in [4.78, 5) is 21.1. The first kappa shape index (κ1) is 20.5. The van der Waals surface area contributed by atoms with Crippen molar-refractivity contribution in [2.75, 3.05) is 38.6 Å². The number of aromatic nitrogens is 1. The highest BCUT2D eigenvalue weighted by molar-refractivity contribution is 5.89.